The number of aromatic nitrogens is 2. The molecule has 0 saturated carbocycles. The summed E-state index contributed by atoms with van der Waals surface area (Å²) < 4.78 is 52.5. The summed E-state index contributed by atoms with van der Waals surface area (Å²) in [6.45, 7) is 2.73. The van der Waals surface area contributed by atoms with Crippen LogP contribution in [-0.4, -0.2) is 76.6 Å². The van der Waals surface area contributed by atoms with E-state index in [1.807, 2.05) is 0 Å². The molecule has 11 heteroatoms. The number of hydrogen-bond donors (Lipinski definition) is 2. The van der Waals surface area contributed by atoms with Crippen molar-refractivity contribution in [3.8, 4) is 35.2 Å². The third-order valence-electron chi connectivity index (χ3n) is 10.1. The molecule has 3 aromatic carbocycles. The monoisotopic (exact) mass is 633 g/mol. The Kier molecular flexibility index (Phi) is 6.79. The van der Waals surface area contributed by atoms with Crippen molar-refractivity contribution >= 4 is 39.1 Å². The van der Waals surface area contributed by atoms with Crippen LogP contribution in [0.5, 0.6) is 11.8 Å². The highest BCUT2D eigenvalue weighted by Crippen LogP contribution is 2.45. The summed E-state index contributed by atoms with van der Waals surface area (Å²) in [6, 6.07) is 7.62. The molecule has 0 radical (unpaired) electrons. The number of rotatable bonds is 5. The molecule has 7 nitrogen and oxygen atoms in total. The number of phenols is 1. The number of piperazine rings is 1. The minimum absolute atomic E-state index is 0.00443. The molecule has 4 atom stereocenters. The molecule has 4 aliphatic heterocycles. The number of benzene rings is 3. The molecule has 232 valence electrons. The van der Waals surface area contributed by atoms with Crippen molar-refractivity contribution in [2.45, 2.75) is 55.9 Å². The molecule has 2 N–H and O–H groups in total. The third kappa shape index (κ3) is 4.67. The van der Waals surface area contributed by atoms with Crippen molar-refractivity contribution in [1.82, 2.24) is 20.2 Å². The van der Waals surface area contributed by atoms with Gasteiger partial charge in [-0.25, -0.2) is 13.2 Å². The second-order valence-corrected chi connectivity index (χ2v) is 13.2. The molecule has 45 heavy (non-hydrogen) atoms. The number of alkyl halides is 1. The van der Waals surface area contributed by atoms with Crippen LogP contribution in [0.4, 0.5) is 19.0 Å². The van der Waals surface area contributed by atoms with E-state index < -0.39 is 23.3 Å². The fourth-order valence-corrected chi connectivity index (χ4v) is 8.39. The summed E-state index contributed by atoms with van der Waals surface area (Å²) in [4.78, 5) is 13.6. The lowest BCUT2D eigenvalue weighted by molar-refractivity contribution is 0.107. The maximum absolute atomic E-state index is 17.0. The van der Waals surface area contributed by atoms with Gasteiger partial charge in [0.1, 0.15) is 35.7 Å². The molecule has 4 saturated heterocycles. The molecule has 0 spiro atoms. The molecular weight excluding hydrogens is 603 g/mol. The first-order valence-corrected chi connectivity index (χ1v) is 15.8. The van der Waals surface area contributed by atoms with Crippen molar-refractivity contribution in [3.63, 3.8) is 0 Å². The fraction of sp³-hybridized carbons (Fsp3) is 0.412. The zero-order valence-corrected chi connectivity index (χ0v) is 25.2. The first-order chi connectivity index (χ1) is 21.7. The molecule has 8 rings (SSSR count). The number of nitrogens with one attached hydrogen (secondary N) is 1. The van der Waals surface area contributed by atoms with Crippen molar-refractivity contribution in [2.75, 3.05) is 37.7 Å². The quantitative estimate of drug-likeness (QED) is 0.263. The number of halogens is 4. The van der Waals surface area contributed by atoms with Crippen LogP contribution < -0.4 is 15.0 Å². The number of phenolic OH excluding ortho intramolecular Hbond substituents is 1. The summed E-state index contributed by atoms with van der Waals surface area (Å²) in [5, 5.41) is 15.3. The largest absolute Gasteiger partial charge is 0.508 e. The minimum atomic E-state index is -0.921. The molecule has 5 heterocycles. The molecule has 2 bridgehead atoms. The van der Waals surface area contributed by atoms with Gasteiger partial charge in [0.05, 0.1) is 16.1 Å². The lowest BCUT2D eigenvalue weighted by Crippen LogP contribution is -2.51. The second-order valence-electron chi connectivity index (χ2n) is 12.8. The van der Waals surface area contributed by atoms with Gasteiger partial charge in [0, 0.05) is 54.5 Å². The molecule has 0 unspecified atom stereocenters. The first-order valence-electron chi connectivity index (χ1n) is 15.4. The molecule has 0 aliphatic carbocycles. The third-order valence-corrected chi connectivity index (χ3v) is 10.4. The Morgan fingerprint density at radius 2 is 1.93 bits per heavy atom. The Labute approximate surface area is 263 Å². The highest BCUT2D eigenvalue weighted by Gasteiger charge is 2.49. The number of fused-ring (bicyclic) bond motifs is 5. The van der Waals surface area contributed by atoms with Crippen LogP contribution in [0.2, 0.25) is 5.02 Å². The van der Waals surface area contributed by atoms with E-state index in [0.29, 0.717) is 42.6 Å². The Morgan fingerprint density at radius 1 is 1.13 bits per heavy atom. The molecular formula is C34H31ClF3N5O2. The van der Waals surface area contributed by atoms with Crippen molar-refractivity contribution in [2.24, 2.45) is 0 Å². The maximum Gasteiger partial charge on any atom is 0.319 e. The fourth-order valence-electron chi connectivity index (χ4n) is 8.09. The van der Waals surface area contributed by atoms with Gasteiger partial charge in [0.2, 0.25) is 0 Å². The number of aromatic hydroxyl groups is 1. The Bertz CT molecular complexity index is 1910. The Balaban J connectivity index is 1.30. The minimum Gasteiger partial charge on any atom is -0.508 e. The van der Waals surface area contributed by atoms with Gasteiger partial charge < -0.3 is 20.1 Å². The standard InChI is InChI=1S/C34H31ClF3N5O2/c1-2-23-27(37)7-4-18-10-22(44)11-24(28(18)23)29-26(35)12-25-31(30(29)38)40-33(41-32(25)42-15-20-5-6-21(16-42)39-20)45-17-34-8-3-9-43(34)14-19(36)13-34/h1,4,7,10-12,19-21,39,44H,3,5-6,8-9,13-17H2/t19-,20-,21+,34+/m1/s1. The van der Waals surface area contributed by atoms with Gasteiger partial charge in [-0.1, -0.05) is 23.6 Å². The van der Waals surface area contributed by atoms with E-state index in [2.05, 4.69) is 26.0 Å². The van der Waals surface area contributed by atoms with E-state index in [1.165, 1.54) is 24.3 Å². The van der Waals surface area contributed by atoms with Crippen LogP contribution in [0.3, 0.4) is 0 Å². The molecule has 4 fully saturated rings. The Morgan fingerprint density at radius 3 is 2.71 bits per heavy atom. The highest BCUT2D eigenvalue weighted by atomic mass is 35.5. The zero-order valence-electron chi connectivity index (χ0n) is 24.4. The second kappa shape index (κ2) is 10.6. The summed E-state index contributed by atoms with van der Waals surface area (Å²) >= 11 is 6.85. The van der Waals surface area contributed by atoms with Crippen molar-refractivity contribution in [1.29, 1.82) is 0 Å². The van der Waals surface area contributed by atoms with Gasteiger partial charge >= 0.3 is 6.01 Å². The van der Waals surface area contributed by atoms with Crippen LogP contribution in [0.15, 0.2) is 30.3 Å². The van der Waals surface area contributed by atoms with Gasteiger partial charge in [0.15, 0.2) is 5.82 Å². The SMILES string of the molecule is C#Cc1c(F)ccc2cc(O)cc(-c3c(Cl)cc4c(N5C[C@H]6CC[C@@H](C5)N6)nc(OC[C@@]56CCCN5C[C@H](F)C6)nc4c3F)c12. The van der Waals surface area contributed by atoms with E-state index >= 15 is 4.39 Å². The molecule has 0 amide bonds. The lowest BCUT2D eigenvalue weighted by Gasteiger charge is -2.34. The number of hydrogen-bond acceptors (Lipinski definition) is 7. The predicted molar refractivity (Wildman–Crippen MR) is 168 cm³/mol. The number of anilines is 1. The average molecular weight is 634 g/mol. The van der Waals surface area contributed by atoms with E-state index in [0.717, 1.165) is 32.2 Å². The van der Waals surface area contributed by atoms with E-state index in [1.54, 1.807) is 6.07 Å². The lowest BCUT2D eigenvalue weighted by atomic mass is 9.93. The smallest absolute Gasteiger partial charge is 0.319 e. The topological polar surface area (TPSA) is 73.8 Å². The van der Waals surface area contributed by atoms with Crippen molar-refractivity contribution < 1.29 is 23.0 Å². The van der Waals surface area contributed by atoms with Gasteiger partial charge in [0.25, 0.3) is 0 Å². The van der Waals surface area contributed by atoms with Gasteiger partial charge in [-0.15, -0.1) is 6.42 Å². The van der Waals surface area contributed by atoms with Crippen LogP contribution in [0, 0.1) is 24.0 Å². The molecule has 4 aromatic rings. The van der Waals surface area contributed by atoms with Gasteiger partial charge in [-0.3, -0.25) is 4.90 Å². The zero-order chi connectivity index (χ0) is 31.0. The number of nitrogens with zero attached hydrogens (tertiary/aromatic N) is 4. The first kappa shape index (κ1) is 28.7. The van der Waals surface area contributed by atoms with Crippen LogP contribution in [-0.2, 0) is 0 Å². The van der Waals surface area contributed by atoms with Gasteiger partial charge in [-0.2, -0.15) is 9.97 Å². The summed E-state index contributed by atoms with van der Waals surface area (Å²) in [5.41, 5.74) is -0.452. The van der Waals surface area contributed by atoms with Crippen LogP contribution in [0.25, 0.3) is 32.8 Å². The van der Waals surface area contributed by atoms with Crippen LogP contribution >= 0.6 is 11.6 Å². The van der Waals surface area contributed by atoms with Crippen molar-refractivity contribution in [3.05, 3.63) is 52.6 Å². The van der Waals surface area contributed by atoms with E-state index in [4.69, 9.17) is 27.7 Å². The Hall–Kier alpha value is -3.78. The summed E-state index contributed by atoms with van der Waals surface area (Å²) in [6.07, 6.45) is 8.99. The average Bonchev–Trinajstić information content (AvgIpc) is 3.66. The normalized spacial score (nSPS) is 26.1. The number of ether oxygens (including phenoxy) is 1. The van der Waals surface area contributed by atoms with Gasteiger partial charge in [-0.05, 0) is 67.4 Å². The summed E-state index contributed by atoms with van der Waals surface area (Å²) in [5.74, 6) is 1.30. The summed E-state index contributed by atoms with van der Waals surface area (Å²) in [7, 11) is 0. The molecule has 1 aromatic heterocycles. The van der Waals surface area contributed by atoms with Crippen LogP contribution in [0.1, 0.15) is 37.7 Å². The molecule has 4 aliphatic rings. The predicted octanol–water partition coefficient (Wildman–Crippen LogP) is 5.96. The number of terminal acetylenes is 1. The van der Waals surface area contributed by atoms with E-state index in [9.17, 15) is 13.9 Å². The highest BCUT2D eigenvalue weighted by molar-refractivity contribution is 6.35. The maximum atomic E-state index is 17.0. The van der Waals surface area contributed by atoms with E-state index in [-0.39, 0.29) is 63.1 Å².